The zero-order valence-electron chi connectivity index (χ0n) is 7.83. The van der Waals surface area contributed by atoms with Crippen molar-refractivity contribution in [1.82, 2.24) is 4.98 Å². The highest BCUT2D eigenvalue weighted by Gasteiger charge is 2.20. The van der Waals surface area contributed by atoms with Crippen LogP contribution >= 0.6 is 11.3 Å². The van der Waals surface area contributed by atoms with Crippen molar-refractivity contribution >= 4 is 17.0 Å². The van der Waals surface area contributed by atoms with Crippen LogP contribution in [0.3, 0.4) is 0 Å². The van der Waals surface area contributed by atoms with Crippen LogP contribution in [0.4, 0.5) is 5.69 Å². The first-order chi connectivity index (χ1) is 6.84. The number of nitrogens with one attached hydrogen (secondary N) is 1. The molecule has 4 heteroatoms. The van der Waals surface area contributed by atoms with Crippen LogP contribution in [-0.2, 0) is 6.42 Å². The highest BCUT2D eigenvalue weighted by atomic mass is 32.1. The maximum atomic E-state index is 5.46. The van der Waals surface area contributed by atoms with E-state index in [1.165, 1.54) is 4.88 Å². The average molecular weight is 206 g/mol. The highest BCUT2D eigenvalue weighted by Crippen LogP contribution is 2.36. The summed E-state index contributed by atoms with van der Waals surface area (Å²) in [4.78, 5) is 5.83. The average Bonchev–Trinajstić information content (AvgIpc) is 2.70. The third-order valence-electron chi connectivity index (χ3n) is 2.35. The van der Waals surface area contributed by atoms with Gasteiger partial charge in [-0.05, 0) is 6.92 Å². The van der Waals surface area contributed by atoms with Gasteiger partial charge in [-0.2, -0.15) is 0 Å². The smallest absolute Gasteiger partial charge is 0.176 e. The van der Waals surface area contributed by atoms with E-state index in [1.807, 2.05) is 13.0 Å². The fraction of sp³-hybridized carbons (Fsp3) is 0.300. The molecule has 0 saturated carbocycles. The van der Waals surface area contributed by atoms with Gasteiger partial charge in [-0.1, -0.05) is 0 Å². The minimum Gasteiger partial charge on any atom is -0.460 e. The lowest BCUT2D eigenvalue weighted by atomic mass is 10.2. The molecule has 0 atom stereocenters. The summed E-state index contributed by atoms with van der Waals surface area (Å²) in [5.41, 5.74) is 2.09. The minimum atomic E-state index is 0.891. The molecule has 0 aromatic carbocycles. The van der Waals surface area contributed by atoms with E-state index in [4.69, 9.17) is 4.42 Å². The lowest BCUT2D eigenvalue weighted by molar-refractivity contribution is 0.581. The number of anilines is 1. The van der Waals surface area contributed by atoms with Gasteiger partial charge in [0.1, 0.15) is 5.69 Å². The number of hydrogen-bond acceptors (Lipinski definition) is 4. The van der Waals surface area contributed by atoms with Crippen molar-refractivity contribution in [2.24, 2.45) is 0 Å². The molecule has 3 nitrogen and oxygen atoms in total. The maximum absolute atomic E-state index is 5.46. The van der Waals surface area contributed by atoms with Crippen molar-refractivity contribution in [3.8, 4) is 11.5 Å². The van der Waals surface area contributed by atoms with E-state index in [0.29, 0.717) is 0 Å². The Morgan fingerprint density at radius 2 is 2.50 bits per heavy atom. The summed E-state index contributed by atoms with van der Waals surface area (Å²) in [5.74, 6) is 0.891. The molecule has 1 aliphatic heterocycles. The summed E-state index contributed by atoms with van der Waals surface area (Å²) in [6.45, 7) is 3.00. The second kappa shape index (κ2) is 2.85. The molecule has 0 radical (unpaired) electrons. The van der Waals surface area contributed by atoms with Crippen molar-refractivity contribution in [3.63, 3.8) is 0 Å². The van der Waals surface area contributed by atoms with Crippen LogP contribution in [0.2, 0.25) is 0 Å². The molecule has 2 aromatic rings. The molecule has 3 rings (SSSR count). The van der Waals surface area contributed by atoms with Gasteiger partial charge in [0.05, 0.1) is 17.0 Å². The molecule has 72 valence electrons. The van der Waals surface area contributed by atoms with Crippen molar-refractivity contribution in [2.75, 3.05) is 11.9 Å². The summed E-state index contributed by atoms with van der Waals surface area (Å²) in [6, 6.07) is 1.96. The summed E-state index contributed by atoms with van der Waals surface area (Å²) < 4.78 is 5.46. The number of rotatable bonds is 0. The van der Waals surface area contributed by atoms with E-state index in [9.17, 15) is 0 Å². The predicted molar refractivity (Wildman–Crippen MR) is 56.7 cm³/mol. The predicted octanol–water partition coefficient (Wildman–Crippen LogP) is 2.68. The van der Waals surface area contributed by atoms with E-state index >= 15 is 0 Å². The van der Waals surface area contributed by atoms with E-state index in [2.05, 4.69) is 10.3 Å². The molecule has 14 heavy (non-hydrogen) atoms. The Labute approximate surface area is 85.8 Å². The third kappa shape index (κ3) is 1.07. The number of furan rings is 1. The zero-order valence-corrected chi connectivity index (χ0v) is 8.65. The van der Waals surface area contributed by atoms with Crippen molar-refractivity contribution in [3.05, 3.63) is 22.2 Å². The maximum Gasteiger partial charge on any atom is 0.176 e. The summed E-state index contributed by atoms with van der Waals surface area (Å²) in [6.07, 6.45) is 2.74. The molecule has 3 heterocycles. The second-order valence-electron chi connectivity index (χ2n) is 3.34. The number of hydrogen-bond donors (Lipinski definition) is 1. The normalized spacial score (nSPS) is 14.1. The molecule has 0 fully saturated rings. The zero-order chi connectivity index (χ0) is 9.54. The number of fused-ring (bicyclic) bond motifs is 3. The standard InChI is InChI=1S/C10H10N2OS/c1-6-12-9-8(14-6)2-4-11-7-3-5-13-10(7)9/h3,5,11H,2,4H2,1H3. The SMILES string of the molecule is Cc1nc2c(s1)CCNc1ccoc1-2. The summed E-state index contributed by atoms with van der Waals surface area (Å²) >= 11 is 1.76. The van der Waals surface area contributed by atoms with E-state index in [0.717, 1.165) is 35.1 Å². The Balaban J connectivity index is 2.26. The Hall–Kier alpha value is -1.29. The van der Waals surface area contributed by atoms with Crippen LogP contribution in [-0.4, -0.2) is 11.5 Å². The molecule has 0 unspecified atom stereocenters. The number of aromatic nitrogens is 1. The molecular formula is C10H10N2OS. The van der Waals surface area contributed by atoms with Crippen LogP contribution in [0, 0.1) is 6.92 Å². The van der Waals surface area contributed by atoms with E-state index < -0.39 is 0 Å². The Kier molecular flexibility index (Phi) is 1.64. The van der Waals surface area contributed by atoms with Gasteiger partial charge in [-0.15, -0.1) is 11.3 Å². The topological polar surface area (TPSA) is 38.1 Å². The van der Waals surface area contributed by atoms with Gasteiger partial charge in [0, 0.05) is 23.9 Å². The highest BCUT2D eigenvalue weighted by molar-refractivity contribution is 7.12. The molecule has 0 spiro atoms. The van der Waals surface area contributed by atoms with Gasteiger partial charge >= 0.3 is 0 Å². The fourth-order valence-electron chi connectivity index (χ4n) is 1.76. The Morgan fingerprint density at radius 3 is 3.43 bits per heavy atom. The van der Waals surface area contributed by atoms with Crippen LogP contribution in [0.25, 0.3) is 11.5 Å². The second-order valence-corrected chi connectivity index (χ2v) is 4.63. The number of nitrogens with zero attached hydrogens (tertiary/aromatic N) is 1. The molecule has 0 aliphatic carbocycles. The van der Waals surface area contributed by atoms with Crippen molar-refractivity contribution in [2.45, 2.75) is 13.3 Å². The lowest BCUT2D eigenvalue weighted by Gasteiger charge is -1.97. The van der Waals surface area contributed by atoms with Crippen LogP contribution < -0.4 is 5.32 Å². The van der Waals surface area contributed by atoms with E-state index in [-0.39, 0.29) is 0 Å². The Bertz CT molecular complexity index is 472. The molecule has 0 saturated heterocycles. The molecule has 0 amide bonds. The molecular weight excluding hydrogens is 196 g/mol. The van der Waals surface area contributed by atoms with Gasteiger partial charge < -0.3 is 9.73 Å². The number of thiazole rings is 1. The van der Waals surface area contributed by atoms with Crippen molar-refractivity contribution in [1.29, 1.82) is 0 Å². The Morgan fingerprint density at radius 1 is 1.57 bits per heavy atom. The van der Waals surface area contributed by atoms with E-state index in [1.54, 1.807) is 17.6 Å². The first-order valence-corrected chi connectivity index (χ1v) is 5.44. The van der Waals surface area contributed by atoms with Crippen molar-refractivity contribution < 1.29 is 4.42 Å². The minimum absolute atomic E-state index is 0.891. The van der Waals surface area contributed by atoms with Gasteiger partial charge in [-0.25, -0.2) is 4.98 Å². The third-order valence-corrected chi connectivity index (χ3v) is 3.38. The molecule has 2 aromatic heterocycles. The molecule has 1 aliphatic rings. The van der Waals surface area contributed by atoms with Gasteiger partial charge in [0.25, 0.3) is 0 Å². The lowest BCUT2D eigenvalue weighted by Crippen LogP contribution is -2.00. The summed E-state index contributed by atoms with van der Waals surface area (Å²) in [7, 11) is 0. The van der Waals surface area contributed by atoms with Crippen LogP contribution in [0.15, 0.2) is 16.7 Å². The molecule has 0 bridgehead atoms. The first-order valence-electron chi connectivity index (χ1n) is 4.62. The number of aryl methyl sites for hydroxylation is 1. The van der Waals surface area contributed by atoms with Gasteiger partial charge in [0.2, 0.25) is 0 Å². The van der Waals surface area contributed by atoms with Crippen LogP contribution in [0.1, 0.15) is 9.88 Å². The summed E-state index contributed by atoms with van der Waals surface area (Å²) in [5, 5.41) is 4.44. The largest absolute Gasteiger partial charge is 0.460 e. The first kappa shape index (κ1) is 8.05. The van der Waals surface area contributed by atoms with Gasteiger partial charge in [-0.3, -0.25) is 0 Å². The van der Waals surface area contributed by atoms with Gasteiger partial charge in [0.15, 0.2) is 5.76 Å². The van der Waals surface area contributed by atoms with Crippen LogP contribution in [0.5, 0.6) is 0 Å². The fourth-order valence-corrected chi connectivity index (χ4v) is 2.69. The molecule has 1 N–H and O–H groups in total. The quantitative estimate of drug-likeness (QED) is 0.720. The monoisotopic (exact) mass is 206 g/mol.